The molecule has 0 amide bonds. The highest BCUT2D eigenvalue weighted by atomic mass is 14.9. The van der Waals surface area contributed by atoms with Gasteiger partial charge in [-0.15, -0.1) is 4.98 Å². The van der Waals surface area contributed by atoms with Crippen molar-refractivity contribution in [2.75, 3.05) is 0 Å². The van der Waals surface area contributed by atoms with Crippen LogP contribution in [-0.4, -0.2) is 9.97 Å². The second-order valence-corrected chi connectivity index (χ2v) is 3.91. The highest BCUT2D eigenvalue weighted by Crippen LogP contribution is 2.22. The van der Waals surface area contributed by atoms with Gasteiger partial charge in [0.2, 0.25) is 0 Å². The number of nitrogens with zero attached hydrogens (tertiary/aromatic N) is 3. The first-order valence-electron chi connectivity index (χ1n) is 5.56. The van der Waals surface area contributed by atoms with E-state index in [-0.39, 0.29) is 0 Å². The van der Waals surface area contributed by atoms with Gasteiger partial charge in [0.05, 0.1) is 11.2 Å². The van der Waals surface area contributed by atoms with Crippen LogP contribution in [0.3, 0.4) is 0 Å². The topological polar surface area (TPSA) is 30.1 Å². The molecule has 84 valence electrons. The van der Waals surface area contributed by atoms with Crippen LogP contribution in [0.25, 0.3) is 27.0 Å². The van der Waals surface area contributed by atoms with Crippen molar-refractivity contribution in [3.8, 4) is 11.3 Å². The monoisotopic (exact) mass is 231 g/mol. The fourth-order valence-corrected chi connectivity index (χ4v) is 1.84. The first kappa shape index (κ1) is 10.4. The Labute approximate surface area is 105 Å². The maximum Gasteiger partial charge on any atom is 0.271 e. The fraction of sp³-hybridized carbons (Fsp3) is 0. The van der Waals surface area contributed by atoms with Crippen molar-refractivity contribution < 1.29 is 0 Å². The van der Waals surface area contributed by atoms with Crippen LogP contribution in [0.2, 0.25) is 0 Å². The Morgan fingerprint density at radius 1 is 1.00 bits per heavy atom. The van der Waals surface area contributed by atoms with Crippen molar-refractivity contribution in [2.45, 2.75) is 0 Å². The summed E-state index contributed by atoms with van der Waals surface area (Å²) < 4.78 is 0. The van der Waals surface area contributed by atoms with E-state index in [1.165, 1.54) is 0 Å². The first-order chi connectivity index (χ1) is 8.86. The molecule has 0 bridgehead atoms. The van der Waals surface area contributed by atoms with Crippen LogP contribution in [0.1, 0.15) is 0 Å². The predicted molar refractivity (Wildman–Crippen MR) is 71.2 cm³/mol. The van der Waals surface area contributed by atoms with Crippen LogP contribution in [0.4, 0.5) is 5.82 Å². The second kappa shape index (κ2) is 4.27. The van der Waals surface area contributed by atoms with Crippen molar-refractivity contribution >= 4 is 16.7 Å². The van der Waals surface area contributed by atoms with Gasteiger partial charge in [-0.25, -0.2) is 4.98 Å². The van der Waals surface area contributed by atoms with Crippen LogP contribution < -0.4 is 0 Å². The Morgan fingerprint density at radius 3 is 2.61 bits per heavy atom. The summed E-state index contributed by atoms with van der Waals surface area (Å²) in [6.07, 6.45) is 1.68. The Bertz CT molecular complexity index is 743. The highest BCUT2D eigenvalue weighted by Gasteiger charge is 2.03. The molecule has 3 nitrogen and oxygen atoms in total. The quantitative estimate of drug-likeness (QED) is 0.595. The minimum Gasteiger partial charge on any atom is -0.361 e. The van der Waals surface area contributed by atoms with Crippen molar-refractivity contribution in [3.05, 3.63) is 66.1 Å². The minimum absolute atomic E-state index is 0.375. The average molecular weight is 231 g/mol. The predicted octanol–water partition coefficient (Wildman–Crippen LogP) is 3.85. The van der Waals surface area contributed by atoms with Crippen molar-refractivity contribution in [3.63, 3.8) is 0 Å². The van der Waals surface area contributed by atoms with Crippen LogP contribution in [0.15, 0.2) is 54.7 Å². The Kier molecular flexibility index (Phi) is 2.47. The van der Waals surface area contributed by atoms with Crippen molar-refractivity contribution in [1.29, 1.82) is 0 Å². The Morgan fingerprint density at radius 2 is 1.83 bits per heavy atom. The summed E-state index contributed by atoms with van der Waals surface area (Å²) in [7, 11) is 0. The fourth-order valence-electron chi connectivity index (χ4n) is 1.84. The van der Waals surface area contributed by atoms with Gasteiger partial charge in [-0.3, -0.25) is 0 Å². The van der Waals surface area contributed by atoms with Gasteiger partial charge in [0, 0.05) is 10.9 Å². The highest BCUT2D eigenvalue weighted by molar-refractivity contribution is 5.82. The molecule has 18 heavy (non-hydrogen) atoms. The Balaban J connectivity index is 2.19. The van der Waals surface area contributed by atoms with Gasteiger partial charge in [-0.05, 0) is 18.2 Å². The van der Waals surface area contributed by atoms with E-state index in [1.54, 1.807) is 12.3 Å². The molecule has 2 aromatic heterocycles. The molecule has 0 aliphatic carbocycles. The summed E-state index contributed by atoms with van der Waals surface area (Å²) in [5.74, 6) is 0.375. The molecule has 3 aromatic rings. The van der Waals surface area contributed by atoms with Gasteiger partial charge in [0.1, 0.15) is 6.20 Å². The summed E-state index contributed by atoms with van der Waals surface area (Å²) in [6.45, 7) is 6.97. The number of fused-ring (bicyclic) bond motifs is 1. The molecule has 0 N–H and O–H groups in total. The van der Waals surface area contributed by atoms with E-state index >= 15 is 0 Å². The van der Waals surface area contributed by atoms with E-state index in [4.69, 9.17) is 6.57 Å². The molecule has 0 atom stereocenters. The summed E-state index contributed by atoms with van der Waals surface area (Å²) in [5.41, 5.74) is 2.78. The lowest BCUT2D eigenvalue weighted by atomic mass is 10.1. The molecule has 0 saturated carbocycles. The number of rotatable bonds is 1. The normalized spacial score (nSPS) is 10.2. The number of aromatic nitrogens is 2. The molecule has 0 unspecified atom stereocenters. The van der Waals surface area contributed by atoms with Crippen LogP contribution in [-0.2, 0) is 0 Å². The van der Waals surface area contributed by atoms with Gasteiger partial charge in [-0.2, -0.15) is 0 Å². The molecular formula is C15H9N3. The lowest BCUT2D eigenvalue weighted by Gasteiger charge is -2.02. The zero-order chi connectivity index (χ0) is 12.4. The zero-order valence-electron chi connectivity index (χ0n) is 9.54. The average Bonchev–Trinajstić information content (AvgIpc) is 2.47. The van der Waals surface area contributed by atoms with E-state index in [1.807, 2.05) is 42.5 Å². The maximum absolute atomic E-state index is 6.97. The molecule has 0 aliphatic rings. The van der Waals surface area contributed by atoms with E-state index in [0.29, 0.717) is 5.82 Å². The van der Waals surface area contributed by atoms with Crippen LogP contribution >= 0.6 is 0 Å². The molecule has 3 heteroatoms. The molecule has 0 spiro atoms. The summed E-state index contributed by atoms with van der Waals surface area (Å²) in [6, 6.07) is 15.6. The number of benzene rings is 1. The second-order valence-electron chi connectivity index (χ2n) is 3.91. The third-order valence-electron chi connectivity index (χ3n) is 2.74. The summed E-state index contributed by atoms with van der Waals surface area (Å²) in [4.78, 5) is 11.9. The lowest BCUT2D eigenvalue weighted by Crippen LogP contribution is -1.85. The smallest absolute Gasteiger partial charge is 0.271 e. The maximum atomic E-state index is 6.97. The van der Waals surface area contributed by atoms with Crippen LogP contribution in [0.5, 0.6) is 0 Å². The molecule has 0 fully saturated rings. The number of hydrogen-bond donors (Lipinski definition) is 0. The van der Waals surface area contributed by atoms with Gasteiger partial charge < -0.3 is 4.85 Å². The van der Waals surface area contributed by atoms with Gasteiger partial charge in [0.25, 0.3) is 5.82 Å². The summed E-state index contributed by atoms with van der Waals surface area (Å²) >= 11 is 0. The number of hydrogen-bond acceptors (Lipinski definition) is 2. The Hall–Kier alpha value is -2.73. The molecular weight excluding hydrogens is 222 g/mol. The molecule has 2 heterocycles. The zero-order valence-corrected chi connectivity index (χ0v) is 9.54. The molecule has 0 saturated heterocycles. The van der Waals surface area contributed by atoms with Crippen LogP contribution in [0, 0.1) is 6.57 Å². The van der Waals surface area contributed by atoms with Gasteiger partial charge in [-0.1, -0.05) is 36.9 Å². The standard InChI is InChI=1S/C15H9N3/c1-16-15-9-14-12(10-17-15)7-8-13(18-14)11-5-3-2-4-6-11/h2-10H. The largest absolute Gasteiger partial charge is 0.361 e. The van der Waals surface area contributed by atoms with E-state index in [0.717, 1.165) is 22.2 Å². The van der Waals surface area contributed by atoms with E-state index in [9.17, 15) is 0 Å². The SMILES string of the molecule is [C-]#[N+]c1cc2nc(-c3ccccc3)ccc2cn1. The third-order valence-corrected chi connectivity index (χ3v) is 2.74. The van der Waals surface area contributed by atoms with Gasteiger partial charge >= 0.3 is 0 Å². The van der Waals surface area contributed by atoms with Crippen molar-refractivity contribution in [1.82, 2.24) is 9.97 Å². The third kappa shape index (κ3) is 1.80. The lowest BCUT2D eigenvalue weighted by molar-refractivity contribution is 1.34. The van der Waals surface area contributed by atoms with Gasteiger partial charge in [0.15, 0.2) is 0 Å². The summed E-state index contributed by atoms with van der Waals surface area (Å²) in [5, 5.41) is 0.946. The molecule has 3 rings (SSSR count). The minimum atomic E-state index is 0.375. The number of pyridine rings is 2. The molecule has 1 aromatic carbocycles. The van der Waals surface area contributed by atoms with E-state index in [2.05, 4.69) is 14.8 Å². The van der Waals surface area contributed by atoms with E-state index < -0.39 is 0 Å². The molecule has 0 aliphatic heterocycles. The first-order valence-corrected chi connectivity index (χ1v) is 5.56. The molecule has 0 radical (unpaired) electrons. The van der Waals surface area contributed by atoms with Crippen molar-refractivity contribution in [2.24, 2.45) is 0 Å².